The molecule has 25 heavy (non-hydrogen) atoms. The van der Waals surface area contributed by atoms with E-state index in [-0.39, 0.29) is 5.91 Å². The first-order valence-corrected chi connectivity index (χ1v) is 8.75. The van der Waals surface area contributed by atoms with E-state index in [1.54, 1.807) is 20.8 Å². The van der Waals surface area contributed by atoms with E-state index in [0.717, 1.165) is 38.2 Å². The fraction of sp³-hybridized carbons (Fsp3) is 0.579. The molecule has 6 nitrogen and oxygen atoms in total. The van der Waals surface area contributed by atoms with E-state index in [1.165, 1.54) is 11.1 Å². The zero-order valence-corrected chi connectivity index (χ0v) is 15.7. The van der Waals surface area contributed by atoms with Crippen LogP contribution in [0.2, 0.25) is 0 Å². The van der Waals surface area contributed by atoms with Crippen LogP contribution < -0.4 is 10.6 Å². The van der Waals surface area contributed by atoms with Crippen molar-refractivity contribution in [2.45, 2.75) is 52.2 Å². The molecule has 2 amide bonds. The first-order chi connectivity index (χ1) is 11.7. The summed E-state index contributed by atoms with van der Waals surface area (Å²) in [7, 11) is 2.15. The lowest BCUT2D eigenvalue weighted by molar-refractivity contribution is -0.117. The Bertz CT molecular complexity index is 637. The maximum atomic E-state index is 11.7. The number of likely N-dealkylation sites (N-methyl/N-ethyl adjacent to an activating group) is 1. The molecule has 2 N–H and O–H groups in total. The second-order valence-electron chi connectivity index (χ2n) is 7.62. The van der Waals surface area contributed by atoms with Crippen molar-refractivity contribution in [2.75, 3.05) is 25.0 Å². The summed E-state index contributed by atoms with van der Waals surface area (Å²) < 4.78 is 4.58. The third-order valence-electron chi connectivity index (χ3n) is 4.18. The number of nitrogens with zero attached hydrogens (tertiary/aromatic N) is 2. The van der Waals surface area contributed by atoms with Crippen LogP contribution in [0.1, 0.15) is 44.7 Å². The standard InChI is InChI=1S/C14H18N2O.C5H11NO2/c1-15-8-6-11-9-13(5-4-12(11)10-15)16-7-2-3-14(16)17;1-5(2,3)8-4(6)7/h4-5,9H,2-3,6-8,10H2,1H3;1-3H3,(H2,6,7). The highest BCUT2D eigenvalue weighted by atomic mass is 16.6. The van der Waals surface area contributed by atoms with E-state index in [2.05, 4.69) is 34.9 Å². The van der Waals surface area contributed by atoms with E-state index in [0.29, 0.717) is 6.42 Å². The predicted molar refractivity (Wildman–Crippen MR) is 98.5 cm³/mol. The Hall–Kier alpha value is -2.08. The van der Waals surface area contributed by atoms with E-state index in [9.17, 15) is 9.59 Å². The van der Waals surface area contributed by atoms with Crippen LogP contribution >= 0.6 is 0 Å². The zero-order valence-electron chi connectivity index (χ0n) is 15.7. The van der Waals surface area contributed by atoms with Gasteiger partial charge in [0.2, 0.25) is 5.91 Å². The molecule has 0 radical (unpaired) electrons. The molecule has 0 unspecified atom stereocenters. The summed E-state index contributed by atoms with van der Waals surface area (Å²) in [6.45, 7) is 8.32. The van der Waals surface area contributed by atoms with Crippen LogP contribution in [0.5, 0.6) is 0 Å². The molecule has 2 aliphatic heterocycles. The number of nitrogens with two attached hydrogens (primary N) is 1. The van der Waals surface area contributed by atoms with Gasteiger partial charge in [-0.1, -0.05) is 6.07 Å². The van der Waals surface area contributed by atoms with Crippen molar-refractivity contribution in [3.8, 4) is 0 Å². The molecule has 0 atom stereocenters. The van der Waals surface area contributed by atoms with E-state index in [4.69, 9.17) is 5.73 Å². The molecule has 1 fully saturated rings. The number of carbonyl (C=O) groups is 2. The van der Waals surface area contributed by atoms with Crippen molar-refractivity contribution >= 4 is 17.7 Å². The second-order valence-corrected chi connectivity index (χ2v) is 7.62. The number of benzene rings is 1. The summed E-state index contributed by atoms with van der Waals surface area (Å²) in [5.41, 5.74) is 8.19. The molecule has 0 saturated carbocycles. The Morgan fingerprint density at radius 2 is 1.88 bits per heavy atom. The lowest BCUT2D eigenvalue weighted by atomic mass is 9.99. The van der Waals surface area contributed by atoms with Crippen LogP contribution in [0.3, 0.4) is 0 Å². The molecule has 138 valence electrons. The normalized spacial score (nSPS) is 17.6. The van der Waals surface area contributed by atoms with Gasteiger partial charge in [0.15, 0.2) is 0 Å². The number of primary amides is 1. The molecular formula is C19H29N3O3. The number of carbonyl (C=O) groups excluding carboxylic acids is 2. The maximum absolute atomic E-state index is 11.7. The van der Waals surface area contributed by atoms with Gasteiger partial charge in [0.1, 0.15) is 5.60 Å². The monoisotopic (exact) mass is 347 g/mol. The molecule has 0 aliphatic carbocycles. The van der Waals surface area contributed by atoms with E-state index >= 15 is 0 Å². The number of rotatable bonds is 1. The highest BCUT2D eigenvalue weighted by Gasteiger charge is 2.23. The van der Waals surface area contributed by atoms with E-state index < -0.39 is 11.7 Å². The molecule has 2 aliphatic rings. The van der Waals surface area contributed by atoms with Crippen LogP contribution in [-0.4, -0.2) is 42.6 Å². The van der Waals surface area contributed by atoms with Gasteiger partial charge >= 0.3 is 6.09 Å². The van der Waals surface area contributed by atoms with Crippen molar-refractivity contribution < 1.29 is 14.3 Å². The summed E-state index contributed by atoms with van der Waals surface area (Å²) in [5.74, 6) is 0.276. The Morgan fingerprint density at radius 1 is 1.16 bits per heavy atom. The summed E-state index contributed by atoms with van der Waals surface area (Å²) in [5, 5.41) is 0. The first-order valence-electron chi connectivity index (χ1n) is 8.75. The van der Waals surface area contributed by atoms with Gasteiger partial charge in [0.05, 0.1) is 0 Å². The predicted octanol–water partition coefficient (Wildman–Crippen LogP) is 2.68. The van der Waals surface area contributed by atoms with Gasteiger partial charge in [0, 0.05) is 31.7 Å². The molecular weight excluding hydrogens is 318 g/mol. The number of amides is 2. The van der Waals surface area contributed by atoms with Crippen LogP contribution in [0.4, 0.5) is 10.5 Å². The maximum Gasteiger partial charge on any atom is 0.405 e. The van der Waals surface area contributed by atoms with Gasteiger partial charge in [-0.2, -0.15) is 0 Å². The van der Waals surface area contributed by atoms with Gasteiger partial charge in [-0.05, 0) is 63.9 Å². The Balaban J connectivity index is 0.000000242. The first kappa shape index (κ1) is 19.2. The van der Waals surface area contributed by atoms with Crippen molar-refractivity contribution in [2.24, 2.45) is 5.73 Å². The quantitative estimate of drug-likeness (QED) is 0.847. The van der Waals surface area contributed by atoms with Gasteiger partial charge in [0.25, 0.3) is 0 Å². The Labute approximate surface area is 149 Å². The minimum absolute atomic E-state index is 0.276. The molecule has 1 aromatic rings. The number of anilines is 1. The third kappa shape index (κ3) is 5.74. The fourth-order valence-corrected chi connectivity index (χ4v) is 3.07. The highest BCUT2D eigenvalue weighted by molar-refractivity contribution is 5.95. The second kappa shape index (κ2) is 7.87. The van der Waals surface area contributed by atoms with Gasteiger partial charge in [-0.15, -0.1) is 0 Å². The van der Waals surface area contributed by atoms with Crippen molar-refractivity contribution in [3.63, 3.8) is 0 Å². The van der Waals surface area contributed by atoms with Gasteiger partial charge in [-0.3, -0.25) is 4.79 Å². The van der Waals surface area contributed by atoms with Gasteiger partial charge < -0.3 is 20.3 Å². The fourth-order valence-electron chi connectivity index (χ4n) is 3.07. The topological polar surface area (TPSA) is 75.9 Å². The van der Waals surface area contributed by atoms with Gasteiger partial charge in [-0.25, -0.2) is 4.79 Å². The minimum atomic E-state index is -0.725. The molecule has 0 spiro atoms. The van der Waals surface area contributed by atoms with E-state index in [1.807, 2.05) is 4.90 Å². The third-order valence-corrected chi connectivity index (χ3v) is 4.18. The van der Waals surface area contributed by atoms with Crippen LogP contribution in [-0.2, 0) is 22.5 Å². The number of hydrogen-bond donors (Lipinski definition) is 1. The van der Waals surface area contributed by atoms with Crippen molar-refractivity contribution in [1.29, 1.82) is 0 Å². The molecule has 1 aromatic carbocycles. The number of ether oxygens (including phenoxy) is 1. The molecule has 0 aromatic heterocycles. The SMILES string of the molecule is CC(C)(C)OC(N)=O.CN1CCc2cc(N3CCCC3=O)ccc2C1. The summed E-state index contributed by atoms with van der Waals surface area (Å²) in [6, 6.07) is 6.50. The number of fused-ring (bicyclic) bond motifs is 1. The Kier molecular flexibility index (Phi) is 6.06. The summed E-state index contributed by atoms with van der Waals surface area (Å²) in [4.78, 5) is 26.0. The smallest absolute Gasteiger partial charge is 0.405 e. The van der Waals surface area contributed by atoms with Crippen LogP contribution in [0.15, 0.2) is 18.2 Å². The Morgan fingerprint density at radius 3 is 2.40 bits per heavy atom. The molecule has 1 saturated heterocycles. The average Bonchev–Trinajstić information content (AvgIpc) is 2.91. The van der Waals surface area contributed by atoms with Crippen LogP contribution in [0, 0.1) is 0 Å². The highest BCUT2D eigenvalue weighted by Crippen LogP contribution is 2.26. The molecule has 0 bridgehead atoms. The minimum Gasteiger partial charge on any atom is -0.444 e. The largest absolute Gasteiger partial charge is 0.444 e. The summed E-state index contributed by atoms with van der Waals surface area (Å²) in [6.07, 6.45) is 2.08. The molecule has 2 heterocycles. The lowest BCUT2D eigenvalue weighted by Crippen LogP contribution is -2.28. The molecule has 6 heteroatoms. The van der Waals surface area contributed by atoms with Crippen molar-refractivity contribution in [3.05, 3.63) is 29.3 Å². The van der Waals surface area contributed by atoms with Crippen molar-refractivity contribution in [1.82, 2.24) is 4.90 Å². The number of hydrogen-bond acceptors (Lipinski definition) is 4. The summed E-state index contributed by atoms with van der Waals surface area (Å²) >= 11 is 0. The molecule has 3 rings (SSSR count). The zero-order chi connectivity index (χ0) is 18.6. The lowest BCUT2D eigenvalue weighted by Gasteiger charge is -2.26. The van der Waals surface area contributed by atoms with Crippen LogP contribution in [0.25, 0.3) is 0 Å². The average molecular weight is 347 g/mol.